The largest absolute Gasteiger partial charge is 0.323 e. The number of rotatable bonds is 2. The lowest BCUT2D eigenvalue weighted by Gasteiger charge is -2.26. The van der Waals surface area contributed by atoms with Gasteiger partial charge in [0.2, 0.25) is 5.91 Å². The monoisotopic (exact) mass is 345 g/mol. The summed E-state index contributed by atoms with van der Waals surface area (Å²) in [6.07, 6.45) is 2.61. The van der Waals surface area contributed by atoms with Crippen LogP contribution in [0.4, 0.5) is 5.69 Å². The number of anilines is 1. The van der Waals surface area contributed by atoms with Crippen molar-refractivity contribution in [3.8, 4) is 0 Å². The van der Waals surface area contributed by atoms with Gasteiger partial charge in [0, 0.05) is 6.54 Å². The summed E-state index contributed by atoms with van der Waals surface area (Å²) in [5.41, 5.74) is 4.00. The molecule has 0 aliphatic carbocycles. The van der Waals surface area contributed by atoms with Gasteiger partial charge in [-0.2, -0.15) is 0 Å². The number of nitrogens with zero attached hydrogens (tertiary/aromatic N) is 1. The molecule has 0 saturated carbocycles. The van der Waals surface area contributed by atoms with Gasteiger partial charge in [-0.05, 0) is 52.0 Å². The van der Waals surface area contributed by atoms with Gasteiger partial charge in [0.05, 0.1) is 11.9 Å². The Labute approximate surface area is 132 Å². The van der Waals surface area contributed by atoms with Crippen LogP contribution in [-0.4, -0.2) is 17.4 Å². The average Bonchev–Trinajstić information content (AvgIpc) is 2.50. The molecule has 1 aliphatic heterocycles. The van der Waals surface area contributed by atoms with Gasteiger partial charge in [-0.15, -0.1) is 0 Å². The fourth-order valence-corrected chi connectivity index (χ4v) is 2.80. The topological polar surface area (TPSA) is 54.0 Å². The summed E-state index contributed by atoms with van der Waals surface area (Å²) in [5, 5.41) is 6.22. The minimum Gasteiger partial charge on any atom is -0.323 e. The molecule has 1 amide bonds. The minimum atomic E-state index is -0.307. The summed E-state index contributed by atoms with van der Waals surface area (Å²) in [6.45, 7) is 2.76. The van der Waals surface area contributed by atoms with Crippen LogP contribution in [0.5, 0.6) is 0 Å². The highest BCUT2D eigenvalue weighted by Gasteiger charge is 2.25. The van der Waals surface area contributed by atoms with Gasteiger partial charge >= 0.3 is 0 Å². The zero-order valence-corrected chi connectivity index (χ0v) is 13.3. The summed E-state index contributed by atoms with van der Waals surface area (Å²) in [4.78, 5) is 16.7. The lowest BCUT2D eigenvalue weighted by Crippen LogP contribution is -2.38. The van der Waals surface area contributed by atoms with Gasteiger partial charge in [0.1, 0.15) is 10.6 Å². The molecule has 21 heavy (non-hydrogen) atoms. The maximum absolute atomic E-state index is 12.5. The standard InChI is InChI=1S/C16H16BrN3O/c1-10-8-12(9-19-15(10)17)20-16(21)14-13-5-3-2-4-11(13)6-7-18-14/h2-5,8-9,14,18H,6-7H2,1H3,(H,20,21). The normalized spacial score (nSPS) is 17.1. The molecule has 108 valence electrons. The van der Waals surface area contributed by atoms with Gasteiger partial charge in [0.25, 0.3) is 0 Å². The summed E-state index contributed by atoms with van der Waals surface area (Å²) in [5.74, 6) is -0.0503. The second-order valence-corrected chi connectivity index (χ2v) is 5.91. The van der Waals surface area contributed by atoms with Crippen LogP contribution in [0, 0.1) is 6.92 Å². The number of hydrogen-bond acceptors (Lipinski definition) is 3. The molecule has 0 saturated heterocycles. The molecule has 1 aliphatic rings. The van der Waals surface area contributed by atoms with Crippen molar-refractivity contribution in [2.24, 2.45) is 0 Å². The van der Waals surface area contributed by atoms with E-state index in [2.05, 4.69) is 37.6 Å². The lowest BCUT2D eigenvalue weighted by molar-refractivity contribution is -0.118. The van der Waals surface area contributed by atoms with Crippen LogP contribution in [0.25, 0.3) is 0 Å². The van der Waals surface area contributed by atoms with Crippen molar-refractivity contribution in [1.82, 2.24) is 10.3 Å². The van der Waals surface area contributed by atoms with Crippen LogP contribution >= 0.6 is 15.9 Å². The third kappa shape index (κ3) is 2.99. The molecule has 0 radical (unpaired) electrons. The van der Waals surface area contributed by atoms with E-state index in [-0.39, 0.29) is 11.9 Å². The highest BCUT2D eigenvalue weighted by atomic mass is 79.9. The average molecular weight is 346 g/mol. The molecule has 1 aromatic carbocycles. The number of fused-ring (bicyclic) bond motifs is 1. The fraction of sp³-hybridized carbons (Fsp3) is 0.250. The van der Waals surface area contributed by atoms with Crippen molar-refractivity contribution < 1.29 is 4.79 Å². The Morgan fingerprint density at radius 1 is 1.43 bits per heavy atom. The Kier molecular flexibility index (Phi) is 4.03. The Hall–Kier alpha value is -1.72. The second-order valence-electron chi connectivity index (χ2n) is 5.16. The number of aromatic nitrogens is 1. The summed E-state index contributed by atoms with van der Waals surface area (Å²) < 4.78 is 0.793. The first-order valence-electron chi connectivity index (χ1n) is 6.89. The zero-order chi connectivity index (χ0) is 14.8. The van der Waals surface area contributed by atoms with Crippen molar-refractivity contribution in [2.45, 2.75) is 19.4 Å². The smallest absolute Gasteiger partial charge is 0.246 e. The van der Waals surface area contributed by atoms with E-state index in [0.717, 1.165) is 28.7 Å². The summed E-state index contributed by atoms with van der Waals surface area (Å²) >= 11 is 3.36. The summed E-state index contributed by atoms with van der Waals surface area (Å²) in [6, 6.07) is 9.68. The Morgan fingerprint density at radius 3 is 3.05 bits per heavy atom. The number of halogens is 1. The maximum atomic E-state index is 12.5. The first kappa shape index (κ1) is 14.2. The molecule has 5 heteroatoms. The van der Waals surface area contributed by atoms with E-state index in [1.807, 2.05) is 31.2 Å². The maximum Gasteiger partial charge on any atom is 0.246 e. The van der Waals surface area contributed by atoms with Gasteiger partial charge in [-0.3, -0.25) is 4.79 Å². The highest BCUT2D eigenvalue weighted by molar-refractivity contribution is 9.10. The van der Waals surface area contributed by atoms with Crippen molar-refractivity contribution in [1.29, 1.82) is 0 Å². The quantitative estimate of drug-likeness (QED) is 0.822. The number of benzene rings is 1. The molecule has 1 aromatic heterocycles. The van der Waals surface area contributed by atoms with E-state index in [1.54, 1.807) is 6.20 Å². The van der Waals surface area contributed by atoms with Gasteiger partial charge in [0.15, 0.2) is 0 Å². The molecule has 0 fully saturated rings. The molecule has 1 atom stereocenters. The third-order valence-electron chi connectivity index (χ3n) is 3.65. The SMILES string of the molecule is Cc1cc(NC(=O)C2NCCc3ccccc32)cnc1Br. The van der Waals surface area contributed by atoms with Crippen LogP contribution in [0.2, 0.25) is 0 Å². The van der Waals surface area contributed by atoms with Crippen molar-refractivity contribution in [3.63, 3.8) is 0 Å². The molecular weight excluding hydrogens is 330 g/mol. The van der Waals surface area contributed by atoms with Crippen LogP contribution in [0.1, 0.15) is 22.7 Å². The highest BCUT2D eigenvalue weighted by Crippen LogP contribution is 2.24. The molecule has 2 aromatic rings. The summed E-state index contributed by atoms with van der Waals surface area (Å²) in [7, 11) is 0. The Morgan fingerprint density at radius 2 is 2.24 bits per heavy atom. The van der Waals surface area contributed by atoms with E-state index in [9.17, 15) is 4.79 Å². The van der Waals surface area contributed by atoms with Crippen molar-refractivity contribution >= 4 is 27.5 Å². The number of pyridine rings is 1. The molecular formula is C16H16BrN3O. The van der Waals surface area contributed by atoms with Gasteiger partial charge < -0.3 is 10.6 Å². The van der Waals surface area contributed by atoms with E-state index in [1.165, 1.54) is 5.56 Å². The molecule has 1 unspecified atom stereocenters. The van der Waals surface area contributed by atoms with E-state index >= 15 is 0 Å². The van der Waals surface area contributed by atoms with Crippen molar-refractivity contribution in [3.05, 3.63) is 57.8 Å². The predicted octanol–water partition coefficient (Wildman–Crippen LogP) is 2.98. The Bertz CT molecular complexity index is 687. The first-order chi connectivity index (χ1) is 10.1. The minimum absolute atomic E-state index is 0.0503. The third-order valence-corrected chi connectivity index (χ3v) is 4.48. The van der Waals surface area contributed by atoms with Crippen LogP contribution in [-0.2, 0) is 11.2 Å². The number of amides is 1. The van der Waals surface area contributed by atoms with Gasteiger partial charge in [-0.25, -0.2) is 4.98 Å². The predicted molar refractivity (Wildman–Crippen MR) is 86.2 cm³/mol. The molecule has 2 heterocycles. The number of carbonyl (C=O) groups excluding carboxylic acids is 1. The van der Waals surface area contributed by atoms with E-state index in [4.69, 9.17) is 0 Å². The van der Waals surface area contributed by atoms with Crippen molar-refractivity contribution in [2.75, 3.05) is 11.9 Å². The lowest BCUT2D eigenvalue weighted by atomic mass is 9.94. The van der Waals surface area contributed by atoms with Gasteiger partial charge in [-0.1, -0.05) is 24.3 Å². The van der Waals surface area contributed by atoms with E-state index in [0.29, 0.717) is 5.69 Å². The number of nitrogens with one attached hydrogen (secondary N) is 2. The van der Waals surface area contributed by atoms with Crippen LogP contribution < -0.4 is 10.6 Å². The fourth-order valence-electron chi connectivity index (χ4n) is 2.58. The van der Waals surface area contributed by atoms with Crippen LogP contribution in [0.15, 0.2) is 41.1 Å². The molecule has 0 bridgehead atoms. The van der Waals surface area contributed by atoms with E-state index < -0.39 is 0 Å². The zero-order valence-electron chi connectivity index (χ0n) is 11.7. The molecule has 0 spiro atoms. The second kappa shape index (κ2) is 5.95. The number of carbonyl (C=O) groups is 1. The number of aryl methyl sites for hydroxylation is 1. The van der Waals surface area contributed by atoms with Crippen LogP contribution in [0.3, 0.4) is 0 Å². The Balaban J connectivity index is 1.81. The first-order valence-corrected chi connectivity index (χ1v) is 7.68. The molecule has 3 rings (SSSR count). The molecule has 2 N–H and O–H groups in total. The number of hydrogen-bond donors (Lipinski definition) is 2. The molecule has 4 nitrogen and oxygen atoms in total.